The number of aryl methyl sites for hydroxylation is 1. The Morgan fingerprint density at radius 3 is 2.86 bits per heavy atom. The molecule has 1 aliphatic rings. The smallest absolute Gasteiger partial charge is 0.257 e. The molecule has 12 heteroatoms. The number of pyridine rings is 2. The lowest BCUT2D eigenvalue weighted by Gasteiger charge is -2.30. The molecule has 36 heavy (non-hydrogen) atoms. The van der Waals surface area contributed by atoms with Crippen LogP contribution in [-0.4, -0.2) is 73.8 Å². The van der Waals surface area contributed by atoms with Gasteiger partial charge in [0.05, 0.1) is 54.3 Å². The number of rotatable bonds is 6. The molecule has 11 nitrogen and oxygen atoms in total. The van der Waals surface area contributed by atoms with Gasteiger partial charge in [0.1, 0.15) is 5.65 Å². The minimum absolute atomic E-state index is 0. The van der Waals surface area contributed by atoms with E-state index < -0.39 is 11.9 Å². The highest BCUT2D eigenvalue weighted by molar-refractivity contribution is 6.06. The summed E-state index contributed by atoms with van der Waals surface area (Å²) in [4.78, 5) is 38.4. The van der Waals surface area contributed by atoms with Crippen LogP contribution in [0.4, 0.5) is 15.8 Å². The molecule has 2 amide bonds. The summed E-state index contributed by atoms with van der Waals surface area (Å²) in [6.45, 7) is 4.00. The summed E-state index contributed by atoms with van der Waals surface area (Å²) < 4.78 is 21.5. The van der Waals surface area contributed by atoms with E-state index in [4.69, 9.17) is 4.74 Å². The quantitative estimate of drug-likeness (QED) is 0.348. The maximum atomic E-state index is 14.4. The zero-order chi connectivity index (χ0) is 25.2. The van der Waals surface area contributed by atoms with Crippen LogP contribution in [0, 0.1) is 5.95 Å². The van der Waals surface area contributed by atoms with Gasteiger partial charge in [-0.2, -0.15) is 9.49 Å². The van der Waals surface area contributed by atoms with E-state index in [0.717, 1.165) is 16.6 Å². The molecule has 0 radical (unpaired) electrons. The SMILES string of the molecule is C[C@H]1CN(CC(=O)Nc2cnc(F)c(NC(=O)c3cnc4[nH]c(-c5cnn(C)c5)cc4c3)c2)CCO1.[HH].[HH].[HH]. The van der Waals surface area contributed by atoms with Crippen LogP contribution >= 0.6 is 0 Å². The van der Waals surface area contributed by atoms with Gasteiger partial charge in [0.25, 0.3) is 5.91 Å². The molecule has 192 valence electrons. The van der Waals surface area contributed by atoms with Gasteiger partial charge in [0.2, 0.25) is 11.9 Å². The first-order chi connectivity index (χ1) is 17.3. The van der Waals surface area contributed by atoms with Crippen molar-refractivity contribution in [3.8, 4) is 11.3 Å². The standard InChI is InChI=1S/C24H25FN8O3.3H2/c1-14-11-33(3-4-36-14)13-21(34)29-18-7-20(22(25)26-10-18)31-24(35)16-5-15-6-19(30-23(15)27-8-16)17-9-28-32(2)12-17;;;/h5-10,12,14H,3-4,11,13H2,1-2H3,(H,27,30)(H,29,34)(H,31,35);3*1H/t14-;;;/m0.../s1. The Hall–Kier alpha value is -4.16. The van der Waals surface area contributed by atoms with Crippen molar-refractivity contribution in [1.82, 2.24) is 29.6 Å². The lowest BCUT2D eigenvalue weighted by molar-refractivity contribution is -0.119. The molecule has 5 rings (SSSR count). The number of hydrogen-bond donors (Lipinski definition) is 3. The molecule has 3 N–H and O–H groups in total. The van der Waals surface area contributed by atoms with Crippen molar-refractivity contribution in [2.45, 2.75) is 13.0 Å². The van der Waals surface area contributed by atoms with Gasteiger partial charge in [0.15, 0.2) is 0 Å². The van der Waals surface area contributed by atoms with Crippen molar-refractivity contribution in [2.24, 2.45) is 7.05 Å². The predicted octanol–water partition coefficient (Wildman–Crippen LogP) is 3.15. The van der Waals surface area contributed by atoms with E-state index in [1.54, 1.807) is 16.9 Å². The van der Waals surface area contributed by atoms with E-state index in [1.165, 1.54) is 18.5 Å². The van der Waals surface area contributed by atoms with Crippen LogP contribution in [0.2, 0.25) is 0 Å². The Kier molecular flexibility index (Phi) is 6.44. The van der Waals surface area contributed by atoms with Gasteiger partial charge in [-0.05, 0) is 25.1 Å². The number of fused-ring (bicyclic) bond motifs is 1. The first kappa shape index (κ1) is 23.6. The topological polar surface area (TPSA) is 130 Å². The number of H-pyrrole nitrogens is 1. The van der Waals surface area contributed by atoms with Gasteiger partial charge in [-0.15, -0.1) is 0 Å². The molecule has 1 fully saturated rings. The summed E-state index contributed by atoms with van der Waals surface area (Å²) in [5.41, 5.74) is 2.68. The lowest BCUT2D eigenvalue weighted by atomic mass is 10.2. The molecule has 5 heterocycles. The number of ether oxygens (including phenoxy) is 1. The fraction of sp³-hybridized carbons (Fsp3) is 0.292. The molecule has 1 saturated heterocycles. The lowest BCUT2D eigenvalue weighted by Crippen LogP contribution is -2.44. The van der Waals surface area contributed by atoms with Crippen LogP contribution in [0.5, 0.6) is 0 Å². The highest BCUT2D eigenvalue weighted by Gasteiger charge is 2.20. The van der Waals surface area contributed by atoms with E-state index in [-0.39, 0.29) is 39.8 Å². The van der Waals surface area contributed by atoms with E-state index in [2.05, 4.69) is 30.7 Å². The van der Waals surface area contributed by atoms with Crippen molar-refractivity contribution >= 4 is 34.2 Å². The summed E-state index contributed by atoms with van der Waals surface area (Å²) >= 11 is 0. The Bertz CT molecular complexity index is 1450. The second-order valence-electron chi connectivity index (χ2n) is 8.73. The number of halogens is 1. The summed E-state index contributed by atoms with van der Waals surface area (Å²) in [5.74, 6) is -1.68. The number of hydrogen-bond acceptors (Lipinski definition) is 7. The monoisotopic (exact) mass is 498 g/mol. The molecule has 1 atom stereocenters. The van der Waals surface area contributed by atoms with Gasteiger partial charge in [-0.25, -0.2) is 9.97 Å². The molecule has 0 unspecified atom stereocenters. The molecule has 4 aromatic heterocycles. The first-order valence-electron chi connectivity index (χ1n) is 11.4. The number of morpholine rings is 1. The van der Waals surface area contributed by atoms with Crippen LogP contribution in [0.25, 0.3) is 22.3 Å². The van der Waals surface area contributed by atoms with Gasteiger partial charge in [-0.1, -0.05) is 0 Å². The first-order valence-corrected chi connectivity index (χ1v) is 11.4. The van der Waals surface area contributed by atoms with E-state index in [1.807, 2.05) is 31.1 Å². The largest absolute Gasteiger partial charge is 0.376 e. The Labute approximate surface area is 210 Å². The maximum Gasteiger partial charge on any atom is 0.257 e. The third-order valence-electron chi connectivity index (χ3n) is 5.81. The normalized spacial score (nSPS) is 16.2. The summed E-state index contributed by atoms with van der Waals surface area (Å²) in [6.07, 6.45) is 6.25. The highest BCUT2D eigenvalue weighted by atomic mass is 19.1. The molecule has 0 spiro atoms. The Morgan fingerprint density at radius 1 is 1.22 bits per heavy atom. The second kappa shape index (κ2) is 9.84. The molecule has 0 saturated carbocycles. The number of carbonyl (C=O) groups excluding carboxylic acids is 2. The van der Waals surface area contributed by atoms with Crippen LogP contribution in [0.1, 0.15) is 21.6 Å². The van der Waals surface area contributed by atoms with Crippen molar-refractivity contribution in [2.75, 3.05) is 36.9 Å². The van der Waals surface area contributed by atoms with Gasteiger partial charge < -0.3 is 20.4 Å². The van der Waals surface area contributed by atoms with Crippen molar-refractivity contribution < 1.29 is 23.0 Å². The highest BCUT2D eigenvalue weighted by Crippen LogP contribution is 2.24. The molecule has 0 aromatic carbocycles. The fourth-order valence-corrected chi connectivity index (χ4v) is 4.09. The number of anilines is 2. The molecular weight excluding hydrogens is 467 g/mol. The number of aromatic nitrogens is 5. The zero-order valence-electron chi connectivity index (χ0n) is 19.8. The van der Waals surface area contributed by atoms with Gasteiger partial charge >= 0.3 is 0 Å². The molecule has 0 bridgehead atoms. The Morgan fingerprint density at radius 2 is 2.08 bits per heavy atom. The molecular formula is C24H31FN8O3. The van der Waals surface area contributed by atoms with E-state index >= 15 is 0 Å². The van der Waals surface area contributed by atoms with Crippen molar-refractivity contribution in [3.05, 3.63) is 54.5 Å². The molecule has 0 aliphatic carbocycles. The van der Waals surface area contributed by atoms with Crippen LogP contribution in [0.15, 0.2) is 43.0 Å². The van der Waals surface area contributed by atoms with Crippen molar-refractivity contribution in [1.29, 1.82) is 0 Å². The number of carbonyl (C=O) groups is 2. The van der Waals surface area contributed by atoms with Crippen LogP contribution < -0.4 is 10.6 Å². The molecule has 1 aliphatic heterocycles. The summed E-state index contributed by atoms with van der Waals surface area (Å²) in [7, 11) is 1.83. The fourth-order valence-electron chi connectivity index (χ4n) is 4.09. The zero-order valence-corrected chi connectivity index (χ0v) is 19.8. The average Bonchev–Trinajstić information content (AvgIpc) is 3.46. The molecule has 4 aromatic rings. The number of nitrogens with zero attached hydrogens (tertiary/aromatic N) is 5. The third kappa shape index (κ3) is 5.24. The average molecular weight is 499 g/mol. The summed E-state index contributed by atoms with van der Waals surface area (Å²) in [5, 5.41) is 10.1. The Balaban J connectivity index is 0.00000178. The number of aromatic amines is 1. The number of amides is 2. The summed E-state index contributed by atoms with van der Waals surface area (Å²) in [6, 6.07) is 4.86. The van der Waals surface area contributed by atoms with E-state index in [9.17, 15) is 14.0 Å². The van der Waals surface area contributed by atoms with Crippen molar-refractivity contribution in [3.63, 3.8) is 0 Å². The second-order valence-corrected chi connectivity index (χ2v) is 8.73. The third-order valence-corrected chi connectivity index (χ3v) is 5.81. The minimum atomic E-state index is -0.863. The number of nitrogens with one attached hydrogen (secondary N) is 3. The predicted molar refractivity (Wildman–Crippen MR) is 137 cm³/mol. The maximum absolute atomic E-state index is 14.4. The van der Waals surface area contributed by atoms with Crippen LogP contribution in [-0.2, 0) is 16.6 Å². The minimum Gasteiger partial charge on any atom is -0.376 e. The van der Waals surface area contributed by atoms with Crippen LogP contribution in [0.3, 0.4) is 0 Å². The van der Waals surface area contributed by atoms with E-state index in [0.29, 0.717) is 25.3 Å². The van der Waals surface area contributed by atoms with Gasteiger partial charge in [-0.3, -0.25) is 19.2 Å². The van der Waals surface area contributed by atoms with Gasteiger partial charge in [0, 0.05) is 47.8 Å².